The van der Waals surface area contributed by atoms with E-state index in [1.165, 1.54) is 5.56 Å². The molecule has 0 aliphatic carbocycles. The van der Waals surface area contributed by atoms with Crippen molar-refractivity contribution in [3.63, 3.8) is 0 Å². The second-order valence-corrected chi connectivity index (χ2v) is 6.80. The number of nitrogens with zero attached hydrogens (tertiary/aromatic N) is 3. The SMILES string of the molecule is CCc1cccc2c(/C=N/n3c(-c4ccc(OC)cc4OC)n[nH]c3=S)c[nH]c12. The number of hydrogen-bond acceptors (Lipinski definition) is 5. The van der Waals surface area contributed by atoms with Crippen LogP contribution in [0, 0.1) is 4.77 Å². The molecule has 148 valence electrons. The Bertz CT molecular complexity index is 1250. The van der Waals surface area contributed by atoms with Gasteiger partial charge in [-0.25, -0.2) is 5.10 Å². The quantitative estimate of drug-likeness (QED) is 0.363. The summed E-state index contributed by atoms with van der Waals surface area (Å²) in [5.74, 6) is 1.87. The number of aromatic nitrogens is 4. The fourth-order valence-electron chi connectivity index (χ4n) is 3.32. The highest BCUT2D eigenvalue weighted by molar-refractivity contribution is 7.71. The monoisotopic (exact) mass is 407 g/mol. The summed E-state index contributed by atoms with van der Waals surface area (Å²) in [6.45, 7) is 2.14. The van der Waals surface area contributed by atoms with Crippen molar-refractivity contribution in [2.75, 3.05) is 14.2 Å². The number of aromatic amines is 2. The molecule has 8 heteroatoms. The van der Waals surface area contributed by atoms with E-state index >= 15 is 0 Å². The Labute approximate surface area is 173 Å². The van der Waals surface area contributed by atoms with E-state index in [1.54, 1.807) is 31.2 Å². The van der Waals surface area contributed by atoms with Crippen molar-refractivity contribution in [3.8, 4) is 22.9 Å². The van der Waals surface area contributed by atoms with E-state index in [0.717, 1.165) is 28.5 Å². The number of benzene rings is 2. The van der Waals surface area contributed by atoms with Crippen LogP contribution in [-0.4, -0.2) is 40.3 Å². The lowest BCUT2D eigenvalue weighted by Crippen LogP contribution is -1.97. The average Bonchev–Trinajstić information content (AvgIpc) is 3.34. The molecule has 2 heterocycles. The van der Waals surface area contributed by atoms with Gasteiger partial charge >= 0.3 is 0 Å². The molecule has 0 saturated carbocycles. The first kappa shape index (κ1) is 18.9. The fourth-order valence-corrected chi connectivity index (χ4v) is 3.50. The molecule has 4 rings (SSSR count). The zero-order valence-electron chi connectivity index (χ0n) is 16.4. The van der Waals surface area contributed by atoms with Gasteiger partial charge in [0.25, 0.3) is 0 Å². The summed E-state index contributed by atoms with van der Waals surface area (Å²) < 4.78 is 12.7. The summed E-state index contributed by atoms with van der Waals surface area (Å²) in [5, 5.41) is 12.9. The Balaban J connectivity index is 1.77. The third-order valence-electron chi connectivity index (χ3n) is 4.83. The zero-order chi connectivity index (χ0) is 20.4. The normalized spacial score (nSPS) is 11.4. The van der Waals surface area contributed by atoms with Gasteiger partial charge in [-0.1, -0.05) is 25.1 Å². The van der Waals surface area contributed by atoms with Crippen LogP contribution in [0.5, 0.6) is 11.5 Å². The lowest BCUT2D eigenvalue weighted by molar-refractivity contribution is 0.395. The van der Waals surface area contributed by atoms with Gasteiger partial charge in [-0.05, 0) is 36.3 Å². The molecule has 0 fully saturated rings. The molecule has 2 N–H and O–H groups in total. The van der Waals surface area contributed by atoms with Gasteiger partial charge < -0.3 is 14.5 Å². The second-order valence-electron chi connectivity index (χ2n) is 6.41. The van der Waals surface area contributed by atoms with Crippen LogP contribution in [0.4, 0.5) is 0 Å². The molecule has 0 radical (unpaired) electrons. The maximum Gasteiger partial charge on any atom is 0.216 e. The summed E-state index contributed by atoms with van der Waals surface area (Å²) in [4.78, 5) is 3.35. The van der Waals surface area contributed by atoms with Crippen LogP contribution in [0.15, 0.2) is 47.7 Å². The number of H-pyrrole nitrogens is 2. The summed E-state index contributed by atoms with van der Waals surface area (Å²) in [6.07, 6.45) is 4.69. The van der Waals surface area contributed by atoms with Gasteiger partial charge in [0, 0.05) is 28.7 Å². The third-order valence-corrected chi connectivity index (χ3v) is 5.09. The second kappa shape index (κ2) is 7.92. The minimum atomic E-state index is 0.392. The lowest BCUT2D eigenvalue weighted by atomic mass is 10.1. The van der Waals surface area contributed by atoms with Crippen LogP contribution in [0.3, 0.4) is 0 Å². The van der Waals surface area contributed by atoms with E-state index in [1.807, 2.05) is 18.3 Å². The molecule has 0 atom stereocenters. The van der Waals surface area contributed by atoms with Gasteiger partial charge in [0.1, 0.15) is 11.5 Å². The molecule has 0 unspecified atom stereocenters. The maximum absolute atomic E-state index is 5.50. The average molecular weight is 407 g/mol. The number of hydrogen-bond donors (Lipinski definition) is 2. The predicted molar refractivity (Wildman–Crippen MR) is 117 cm³/mol. The topological polar surface area (TPSA) is 80.2 Å². The lowest BCUT2D eigenvalue weighted by Gasteiger charge is -2.09. The number of methoxy groups -OCH3 is 2. The number of rotatable bonds is 6. The van der Waals surface area contributed by atoms with E-state index in [9.17, 15) is 0 Å². The highest BCUT2D eigenvalue weighted by atomic mass is 32.1. The van der Waals surface area contributed by atoms with E-state index in [4.69, 9.17) is 21.7 Å². The standard InChI is InChI=1S/C21H21N5O2S/c1-4-13-6-5-7-16-14(11-22-19(13)16)12-23-26-20(24-25-21(26)29)17-9-8-15(27-2)10-18(17)28-3/h5-12,22H,4H2,1-3H3,(H,25,29)/b23-12+. The minimum Gasteiger partial charge on any atom is -0.497 e. The van der Waals surface area contributed by atoms with Crippen molar-refractivity contribution < 1.29 is 9.47 Å². The number of para-hydroxylation sites is 1. The van der Waals surface area contributed by atoms with Crippen molar-refractivity contribution >= 4 is 29.3 Å². The molecule has 2 aromatic heterocycles. The minimum absolute atomic E-state index is 0.392. The smallest absolute Gasteiger partial charge is 0.216 e. The van der Waals surface area contributed by atoms with Crippen LogP contribution >= 0.6 is 12.2 Å². The first-order valence-corrected chi connectivity index (χ1v) is 9.60. The molecule has 4 aromatic rings. The number of fused-ring (bicyclic) bond motifs is 1. The Morgan fingerprint density at radius 1 is 1.21 bits per heavy atom. The molecule has 0 saturated heterocycles. The summed E-state index contributed by atoms with van der Waals surface area (Å²) in [7, 11) is 3.21. The van der Waals surface area contributed by atoms with Crippen molar-refractivity contribution in [3.05, 3.63) is 58.5 Å². The molecule has 0 spiro atoms. The third kappa shape index (κ3) is 3.42. The van der Waals surface area contributed by atoms with E-state index in [-0.39, 0.29) is 0 Å². The number of aryl methyl sites for hydroxylation is 1. The maximum atomic E-state index is 5.50. The summed E-state index contributed by atoms with van der Waals surface area (Å²) >= 11 is 5.39. The molecular formula is C21H21N5O2S. The molecular weight excluding hydrogens is 386 g/mol. The van der Waals surface area contributed by atoms with Gasteiger partial charge in [-0.3, -0.25) is 0 Å². The first-order chi connectivity index (χ1) is 14.2. The first-order valence-electron chi connectivity index (χ1n) is 9.19. The molecule has 0 amide bonds. The Morgan fingerprint density at radius 3 is 2.83 bits per heavy atom. The zero-order valence-corrected chi connectivity index (χ0v) is 17.2. The van der Waals surface area contributed by atoms with Crippen molar-refractivity contribution in [1.29, 1.82) is 0 Å². The summed E-state index contributed by atoms with van der Waals surface area (Å²) in [6, 6.07) is 11.8. The van der Waals surface area contributed by atoms with Crippen molar-refractivity contribution in [1.82, 2.24) is 19.9 Å². The van der Waals surface area contributed by atoms with E-state index in [0.29, 0.717) is 22.1 Å². The van der Waals surface area contributed by atoms with Crippen LogP contribution in [0.1, 0.15) is 18.1 Å². The summed E-state index contributed by atoms with van der Waals surface area (Å²) in [5.41, 5.74) is 4.13. The van der Waals surface area contributed by atoms with Crippen LogP contribution in [0.2, 0.25) is 0 Å². The largest absolute Gasteiger partial charge is 0.497 e. The van der Waals surface area contributed by atoms with Crippen LogP contribution in [-0.2, 0) is 6.42 Å². The highest BCUT2D eigenvalue weighted by Gasteiger charge is 2.15. The van der Waals surface area contributed by atoms with Gasteiger partial charge in [-0.15, -0.1) is 0 Å². The number of nitrogens with one attached hydrogen (secondary N) is 2. The molecule has 7 nitrogen and oxygen atoms in total. The molecule has 2 aromatic carbocycles. The van der Waals surface area contributed by atoms with Gasteiger partial charge in [0.05, 0.1) is 26.0 Å². The molecule has 0 aliphatic heterocycles. The Kier molecular flexibility index (Phi) is 5.18. The Hall–Kier alpha value is -3.39. The predicted octanol–water partition coefficient (Wildman–Crippen LogP) is 4.55. The molecule has 0 bridgehead atoms. The van der Waals surface area contributed by atoms with Crippen LogP contribution in [0.25, 0.3) is 22.3 Å². The fraction of sp³-hybridized carbons (Fsp3) is 0.190. The van der Waals surface area contributed by atoms with Gasteiger partial charge in [0.2, 0.25) is 4.77 Å². The highest BCUT2D eigenvalue weighted by Crippen LogP contribution is 2.32. The van der Waals surface area contributed by atoms with Crippen LogP contribution < -0.4 is 9.47 Å². The molecule has 0 aliphatic rings. The van der Waals surface area contributed by atoms with Crippen molar-refractivity contribution in [2.45, 2.75) is 13.3 Å². The van der Waals surface area contributed by atoms with Gasteiger partial charge in [-0.2, -0.15) is 14.9 Å². The van der Waals surface area contributed by atoms with Gasteiger partial charge in [0.15, 0.2) is 5.82 Å². The van der Waals surface area contributed by atoms with E-state index in [2.05, 4.69) is 45.4 Å². The van der Waals surface area contributed by atoms with E-state index < -0.39 is 0 Å². The van der Waals surface area contributed by atoms with Crippen molar-refractivity contribution in [2.24, 2.45) is 5.10 Å². The molecule has 29 heavy (non-hydrogen) atoms. The Morgan fingerprint density at radius 2 is 2.07 bits per heavy atom. The number of ether oxygens (including phenoxy) is 2.